The fraction of sp³-hybridized carbons (Fsp3) is 0.625. The quantitative estimate of drug-likeness (QED) is 0.903. The number of nitrogens with one attached hydrogen (secondary N) is 1. The Morgan fingerprint density at radius 1 is 1.57 bits per heavy atom. The van der Waals surface area contributed by atoms with Gasteiger partial charge in [0.2, 0.25) is 0 Å². The van der Waals surface area contributed by atoms with Crippen LogP contribution in [0.15, 0.2) is 18.3 Å². The maximum atomic E-state index is 12.2. The Hall–Kier alpha value is -1.62. The molecule has 1 saturated heterocycles. The average molecular weight is 291 g/mol. The van der Waals surface area contributed by atoms with E-state index in [4.69, 9.17) is 4.74 Å². The second-order valence-electron chi connectivity index (χ2n) is 6.39. The van der Waals surface area contributed by atoms with Crippen molar-refractivity contribution in [3.05, 3.63) is 29.6 Å². The van der Waals surface area contributed by atoms with Gasteiger partial charge in [0.15, 0.2) is 0 Å². The van der Waals surface area contributed by atoms with Crippen molar-refractivity contribution >= 4 is 6.03 Å². The highest BCUT2D eigenvalue weighted by Gasteiger charge is 2.34. The van der Waals surface area contributed by atoms with Gasteiger partial charge in [0.1, 0.15) is 0 Å². The third-order valence-electron chi connectivity index (χ3n) is 4.16. The van der Waals surface area contributed by atoms with Gasteiger partial charge >= 0.3 is 6.03 Å². The number of likely N-dealkylation sites (N-methyl/N-ethyl adjacent to an activating group) is 1. The number of pyridine rings is 1. The molecule has 0 aliphatic carbocycles. The van der Waals surface area contributed by atoms with Crippen LogP contribution in [0.25, 0.3) is 0 Å². The van der Waals surface area contributed by atoms with E-state index in [9.17, 15) is 4.79 Å². The van der Waals surface area contributed by atoms with Gasteiger partial charge in [0.05, 0.1) is 13.2 Å². The smallest absolute Gasteiger partial charge is 0.317 e. The van der Waals surface area contributed by atoms with Crippen LogP contribution in [-0.4, -0.2) is 48.8 Å². The van der Waals surface area contributed by atoms with Crippen molar-refractivity contribution in [1.29, 1.82) is 0 Å². The third-order valence-corrected chi connectivity index (χ3v) is 4.16. The van der Waals surface area contributed by atoms with Gasteiger partial charge in [-0.2, -0.15) is 0 Å². The summed E-state index contributed by atoms with van der Waals surface area (Å²) >= 11 is 0. The highest BCUT2D eigenvalue weighted by atomic mass is 16.5. The summed E-state index contributed by atoms with van der Waals surface area (Å²) in [6.45, 7) is 8.32. The van der Waals surface area contributed by atoms with Crippen LogP contribution in [0.2, 0.25) is 0 Å². The number of urea groups is 1. The fourth-order valence-corrected chi connectivity index (χ4v) is 2.32. The lowest BCUT2D eigenvalue weighted by Crippen LogP contribution is -2.52. The summed E-state index contributed by atoms with van der Waals surface area (Å²) in [5, 5.41) is 2.99. The molecule has 2 amide bonds. The number of rotatable bonds is 5. The second kappa shape index (κ2) is 6.43. The molecular weight excluding hydrogens is 266 g/mol. The van der Waals surface area contributed by atoms with E-state index in [1.165, 1.54) is 0 Å². The molecule has 1 atom stereocenters. The molecule has 0 saturated carbocycles. The zero-order chi connectivity index (χ0) is 15.5. The maximum absolute atomic E-state index is 12.2. The molecule has 0 bridgehead atoms. The van der Waals surface area contributed by atoms with Crippen molar-refractivity contribution in [2.45, 2.75) is 33.2 Å². The Morgan fingerprint density at radius 3 is 2.86 bits per heavy atom. The summed E-state index contributed by atoms with van der Waals surface area (Å²) in [6, 6.07) is 4.04. The number of hydrogen-bond donors (Lipinski definition) is 1. The Labute approximate surface area is 126 Å². The largest absolute Gasteiger partial charge is 0.380 e. The van der Waals surface area contributed by atoms with Crippen LogP contribution < -0.4 is 5.32 Å². The van der Waals surface area contributed by atoms with Crippen LogP contribution in [-0.2, 0) is 11.2 Å². The lowest BCUT2D eigenvalue weighted by atomic mass is 9.89. The third kappa shape index (κ3) is 3.94. The van der Waals surface area contributed by atoms with Crippen molar-refractivity contribution in [1.82, 2.24) is 15.2 Å². The number of carbonyl (C=O) groups is 1. The number of aromatic nitrogens is 1. The van der Waals surface area contributed by atoms with Crippen LogP contribution in [0.4, 0.5) is 4.79 Å². The lowest BCUT2D eigenvalue weighted by Gasteiger charge is -2.38. The molecule has 5 nitrogen and oxygen atoms in total. The van der Waals surface area contributed by atoms with Crippen molar-refractivity contribution in [2.75, 3.05) is 26.8 Å². The first kappa shape index (κ1) is 15.8. The predicted octanol–water partition coefficient (Wildman–Crippen LogP) is 2.00. The maximum Gasteiger partial charge on any atom is 0.317 e. The van der Waals surface area contributed by atoms with Crippen LogP contribution in [0, 0.1) is 12.3 Å². The molecule has 0 spiro atoms. The minimum Gasteiger partial charge on any atom is -0.380 e. The fourth-order valence-electron chi connectivity index (χ4n) is 2.32. The molecule has 1 aliphatic rings. The Bertz CT molecular complexity index is 500. The molecule has 1 N–H and O–H groups in total. The van der Waals surface area contributed by atoms with Gasteiger partial charge in [-0.05, 0) is 25.5 Å². The molecule has 2 rings (SSSR count). The second-order valence-corrected chi connectivity index (χ2v) is 6.39. The van der Waals surface area contributed by atoms with Crippen molar-refractivity contribution in [2.24, 2.45) is 5.41 Å². The first-order chi connectivity index (χ1) is 9.91. The molecule has 1 fully saturated rings. The molecule has 1 aliphatic heterocycles. The molecule has 2 heterocycles. The number of nitrogens with zero attached hydrogens (tertiary/aromatic N) is 2. The minimum atomic E-state index is -0.0378. The van der Waals surface area contributed by atoms with Crippen LogP contribution in [0.5, 0.6) is 0 Å². The van der Waals surface area contributed by atoms with E-state index in [-0.39, 0.29) is 17.5 Å². The summed E-state index contributed by atoms with van der Waals surface area (Å²) in [6.07, 6.45) is 2.56. The molecule has 0 unspecified atom stereocenters. The number of carbonyl (C=O) groups excluding carboxylic acids is 1. The van der Waals surface area contributed by atoms with E-state index < -0.39 is 0 Å². The number of ether oxygens (including phenoxy) is 1. The molecule has 1 aromatic heterocycles. The number of aryl methyl sites for hydroxylation is 1. The zero-order valence-corrected chi connectivity index (χ0v) is 13.3. The summed E-state index contributed by atoms with van der Waals surface area (Å²) in [4.78, 5) is 18.3. The van der Waals surface area contributed by atoms with Crippen molar-refractivity contribution < 1.29 is 9.53 Å². The summed E-state index contributed by atoms with van der Waals surface area (Å²) in [5.74, 6) is 0. The van der Waals surface area contributed by atoms with Gasteiger partial charge in [-0.3, -0.25) is 4.98 Å². The summed E-state index contributed by atoms with van der Waals surface area (Å²) in [7, 11) is 1.83. The average Bonchev–Trinajstić information content (AvgIpc) is 2.44. The van der Waals surface area contributed by atoms with Crippen LogP contribution >= 0.6 is 0 Å². The highest BCUT2D eigenvalue weighted by molar-refractivity contribution is 5.74. The number of amides is 2. The molecule has 21 heavy (non-hydrogen) atoms. The monoisotopic (exact) mass is 291 g/mol. The van der Waals surface area contributed by atoms with Crippen LogP contribution in [0.1, 0.15) is 25.1 Å². The first-order valence-electron chi connectivity index (χ1n) is 7.40. The van der Waals surface area contributed by atoms with E-state index in [2.05, 4.69) is 17.2 Å². The standard InChI is InChI=1S/C16H25N3O2/c1-12-6-5-7-17-14(12)8-13(2)19(4)15(20)18-9-16(3)10-21-11-16/h5-7,13H,8-11H2,1-4H3,(H,18,20)/t13-/m1/s1. The van der Waals surface area contributed by atoms with Gasteiger partial charge in [-0.25, -0.2) is 4.79 Å². The molecule has 1 aromatic rings. The van der Waals surface area contributed by atoms with E-state index in [1.54, 1.807) is 11.1 Å². The molecular formula is C16H25N3O2. The number of hydrogen-bond acceptors (Lipinski definition) is 3. The van der Waals surface area contributed by atoms with Gasteiger partial charge in [-0.1, -0.05) is 13.0 Å². The van der Waals surface area contributed by atoms with E-state index in [0.717, 1.165) is 30.9 Å². The van der Waals surface area contributed by atoms with Gasteiger partial charge < -0.3 is 15.0 Å². The van der Waals surface area contributed by atoms with Gasteiger partial charge in [-0.15, -0.1) is 0 Å². The van der Waals surface area contributed by atoms with Crippen LogP contribution in [0.3, 0.4) is 0 Å². The first-order valence-corrected chi connectivity index (χ1v) is 7.40. The van der Waals surface area contributed by atoms with E-state index >= 15 is 0 Å². The van der Waals surface area contributed by atoms with E-state index in [0.29, 0.717) is 6.54 Å². The highest BCUT2D eigenvalue weighted by Crippen LogP contribution is 2.25. The summed E-state index contributed by atoms with van der Waals surface area (Å²) in [5.41, 5.74) is 2.30. The Kier molecular flexibility index (Phi) is 4.83. The summed E-state index contributed by atoms with van der Waals surface area (Å²) < 4.78 is 5.20. The topological polar surface area (TPSA) is 54.5 Å². The lowest BCUT2D eigenvalue weighted by molar-refractivity contribution is -0.0978. The Balaban J connectivity index is 1.85. The molecule has 116 valence electrons. The molecule has 5 heteroatoms. The normalized spacial score (nSPS) is 17.7. The Morgan fingerprint density at radius 2 is 2.29 bits per heavy atom. The van der Waals surface area contributed by atoms with Crippen molar-refractivity contribution in [3.63, 3.8) is 0 Å². The predicted molar refractivity (Wildman–Crippen MR) is 82.2 cm³/mol. The minimum absolute atomic E-state index is 0.0378. The van der Waals surface area contributed by atoms with Crippen molar-refractivity contribution in [3.8, 4) is 0 Å². The SMILES string of the molecule is Cc1cccnc1C[C@@H](C)N(C)C(=O)NCC1(C)COC1. The van der Waals surface area contributed by atoms with Gasteiger partial charge in [0, 0.05) is 43.4 Å². The van der Waals surface area contributed by atoms with Gasteiger partial charge in [0.25, 0.3) is 0 Å². The van der Waals surface area contributed by atoms with E-state index in [1.807, 2.05) is 33.0 Å². The zero-order valence-electron chi connectivity index (χ0n) is 13.3. The molecule has 0 radical (unpaired) electrons. The molecule has 0 aromatic carbocycles.